The van der Waals surface area contributed by atoms with E-state index in [-0.39, 0.29) is 0 Å². The van der Waals surface area contributed by atoms with Crippen LogP contribution < -0.4 is 0 Å². The standard InChI is InChI=1S/C52H30S2/c1-2-15-36-31(11-1)12-10-21-37(36)51-40-18-5-3-16-38(40)50(39-17-4-6-19-41(39)51)35-14-9-13-32(27-35)33-23-25-47-44(28-33)45-30-43-34(29-49(45)54-47)24-26-48-52(43)42-20-7-8-22-46(42)53-48/h1-30H. The summed E-state index contributed by atoms with van der Waals surface area (Å²) in [5, 5.41) is 15.7. The molecule has 0 radical (unpaired) electrons. The van der Waals surface area contributed by atoms with Gasteiger partial charge in [0.05, 0.1) is 0 Å². The van der Waals surface area contributed by atoms with Gasteiger partial charge >= 0.3 is 0 Å². The minimum atomic E-state index is 1.23. The summed E-state index contributed by atoms with van der Waals surface area (Å²) in [6.07, 6.45) is 0. The second-order valence-corrected chi connectivity index (χ2v) is 16.5. The van der Waals surface area contributed by atoms with Crippen LogP contribution in [0.3, 0.4) is 0 Å². The van der Waals surface area contributed by atoms with E-state index in [9.17, 15) is 0 Å². The zero-order valence-corrected chi connectivity index (χ0v) is 30.8. The van der Waals surface area contributed by atoms with Gasteiger partial charge in [-0.25, -0.2) is 0 Å². The van der Waals surface area contributed by atoms with E-state index in [1.165, 1.54) is 117 Å². The SMILES string of the molecule is c1cc(-c2ccc3sc4cc5ccc6sc7ccccc7c6c5cc4c3c2)cc(-c2c3ccccc3c(-c3cccc4ccccc34)c3ccccc23)c1. The molecule has 2 heterocycles. The lowest BCUT2D eigenvalue weighted by Crippen LogP contribution is -1.92. The molecule has 0 nitrogen and oxygen atoms in total. The van der Waals surface area contributed by atoms with Crippen molar-refractivity contribution >= 4 is 106 Å². The Kier molecular flexibility index (Phi) is 6.48. The molecule has 0 unspecified atom stereocenters. The first-order valence-electron chi connectivity index (χ1n) is 18.5. The van der Waals surface area contributed by atoms with Gasteiger partial charge in [-0.15, -0.1) is 22.7 Å². The van der Waals surface area contributed by atoms with Crippen molar-refractivity contribution in [1.82, 2.24) is 0 Å². The Balaban J connectivity index is 1.06. The summed E-state index contributed by atoms with van der Waals surface area (Å²) in [4.78, 5) is 0. The van der Waals surface area contributed by atoms with Gasteiger partial charge in [0.1, 0.15) is 0 Å². The van der Waals surface area contributed by atoms with Crippen LogP contribution in [-0.4, -0.2) is 0 Å². The highest BCUT2D eigenvalue weighted by Gasteiger charge is 2.19. The summed E-state index contributed by atoms with van der Waals surface area (Å²) in [5.74, 6) is 0. The first kappa shape index (κ1) is 30.2. The molecule has 0 spiro atoms. The molecular weight excluding hydrogens is 689 g/mol. The molecule has 10 aromatic carbocycles. The van der Waals surface area contributed by atoms with E-state index in [4.69, 9.17) is 0 Å². The monoisotopic (exact) mass is 718 g/mol. The third kappa shape index (κ3) is 4.42. The zero-order chi connectivity index (χ0) is 35.3. The molecule has 2 aromatic heterocycles. The highest BCUT2D eigenvalue weighted by atomic mass is 32.1. The second kappa shape index (κ2) is 11.6. The quantitative estimate of drug-likeness (QED) is 0.160. The molecule has 0 bridgehead atoms. The number of fused-ring (bicyclic) bond motifs is 11. The number of benzene rings is 10. The summed E-state index contributed by atoms with van der Waals surface area (Å²) < 4.78 is 5.37. The molecule has 0 N–H and O–H groups in total. The van der Waals surface area contributed by atoms with Crippen LogP contribution >= 0.6 is 22.7 Å². The van der Waals surface area contributed by atoms with E-state index < -0.39 is 0 Å². The third-order valence-electron chi connectivity index (χ3n) is 11.4. The van der Waals surface area contributed by atoms with Crippen LogP contribution in [0.2, 0.25) is 0 Å². The van der Waals surface area contributed by atoms with Crippen molar-refractivity contribution in [3.8, 4) is 33.4 Å². The van der Waals surface area contributed by atoms with Gasteiger partial charge in [-0.2, -0.15) is 0 Å². The van der Waals surface area contributed by atoms with Crippen LogP contribution in [0.5, 0.6) is 0 Å². The van der Waals surface area contributed by atoms with E-state index in [2.05, 4.69) is 182 Å². The molecule has 0 saturated carbocycles. The molecule has 2 heteroatoms. The van der Waals surface area contributed by atoms with E-state index in [0.29, 0.717) is 0 Å². The summed E-state index contributed by atoms with van der Waals surface area (Å²) >= 11 is 3.79. The Morgan fingerprint density at radius 2 is 0.833 bits per heavy atom. The van der Waals surface area contributed by atoms with Gasteiger partial charge in [-0.3, -0.25) is 0 Å². The largest absolute Gasteiger partial charge is 0.135 e. The molecule has 0 aliphatic heterocycles. The van der Waals surface area contributed by atoms with Gasteiger partial charge in [0.2, 0.25) is 0 Å². The van der Waals surface area contributed by atoms with Crippen LogP contribution in [0.1, 0.15) is 0 Å². The van der Waals surface area contributed by atoms with Crippen LogP contribution in [-0.2, 0) is 0 Å². The summed E-state index contributed by atoms with van der Waals surface area (Å²) in [6, 6.07) is 67.9. The van der Waals surface area contributed by atoms with Crippen LogP contribution in [0, 0.1) is 0 Å². The molecule has 12 aromatic rings. The topological polar surface area (TPSA) is 0 Å². The fourth-order valence-corrected chi connectivity index (χ4v) is 11.3. The Labute approximate surface area is 319 Å². The predicted octanol–water partition coefficient (Wildman–Crippen LogP) is 16.0. The van der Waals surface area contributed by atoms with E-state index >= 15 is 0 Å². The zero-order valence-electron chi connectivity index (χ0n) is 29.1. The average Bonchev–Trinajstić information content (AvgIpc) is 3.79. The van der Waals surface area contributed by atoms with Gasteiger partial charge in [0.25, 0.3) is 0 Å². The lowest BCUT2D eigenvalue weighted by Gasteiger charge is -2.19. The first-order chi connectivity index (χ1) is 26.8. The highest BCUT2D eigenvalue weighted by molar-refractivity contribution is 7.26. The van der Waals surface area contributed by atoms with Crippen LogP contribution in [0.25, 0.3) is 117 Å². The average molecular weight is 719 g/mol. The fourth-order valence-electron chi connectivity index (χ4n) is 9.02. The molecular formula is C52H30S2. The number of hydrogen-bond donors (Lipinski definition) is 0. The van der Waals surface area contributed by atoms with Crippen molar-refractivity contribution in [1.29, 1.82) is 0 Å². The molecule has 54 heavy (non-hydrogen) atoms. The Hall–Kier alpha value is -6.32. The lowest BCUT2D eigenvalue weighted by molar-refractivity contribution is 1.63. The molecule has 0 saturated heterocycles. The second-order valence-electron chi connectivity index (χ2n) is 14.4. The van der Waals surface area contributed by atoms with Gasteiger partial charge in [0.15, 0.2) is 0 Å². The van der Waals surface area contributed by atoms with Gasteiger partial charge in [-0.1, -0.05) is 140 Å². The van der Waals surface area contributed by atoms with Gasteiger partial charge in [0, 0.05) is 40.3 Å². The summed E-state index contributed by atoms with van der Waals surface area (Å²) in [6.45, 7) is 0. The molecule has 0 atom stereocenters. The van der Waals surface area contributed by atoms with Crippen molar-refractivity contribution in [2.75, 3.05) is 0 Å². The minimum Gasteiger partial charge on any atom is -0.135 e. The van der Waals surface area contributed by atoms with Crippen molar-refractivity contribution in [3.63, 3.8) is 0 Å². The van der Waals surface area contributed by atoms with Crippen molar-refractivity contribution in [2.45, 2.75) is 0 Å². The predicted molar refractivity (Wildman–Crippen MR) is 239 cm³/mol. The van der Waals surface area contributed by atoms with Crippen molar-refractivity contribution in [2.24, 2.45) is 0 Å². The van der Waals surface area contributed by atoms with Crippen molar-refractivity contribution < 1.29 is 0 Å². The van der Waals surface area contributed by atoms with Gasteiger partial charge < -0.3 is 0 Å². The Morgan fingerprint density at radius 1 is 0.259 bits per heavy atom. The maximum Gasteiger partial charge on any atom is 0.0361 e. The lowest BCUT2D eigenvalue weighted by atomic mass is 9.84. The highest BCUT2D eigenvalue weighted by Crippen LogP contribution is 2.47. The Morgan fingerprint density at radius 3 is 1.65 bits per heavy atom. The van der Waals surface area contributed by atoms with Crippen LogP contribution in [0.4, 0.5) is 0 Å². The molecule has 12 rings (SSSR count). The molecule has 250 valence electrons. The van der Waals surface area contributed by atoms with Gasteiger partial charge in [-0.05, 0) is 119 Å². The Bertz CT molecular complexity index is 3440. The molecule has 0 amide bonds. The minimum absolute atomic E-state index is 1.23. The number of thiophene rings is 2. The summed E-state index contributed by atoms with van der Waals surface area (Å²) in [5.41, 5.74) is 7.56. The van der Waals surface area contributed by atoms with E-state index in [1.54, 1.807) is 0 Å². The van der Waals surface area contributed by atoms with Crippen LogP contribution in [0.15, 0.2) is 182 Å². The molecule has 0 aliphatic rings. The number of rotatable bonds is 3. The fraction of sp³-hybridized carbons (Fsp3) is 0. The smallest absolute Gasteiger partial charge is 0.0361 e. The van der Waals surface area contributed by atoms with Crippen molar-refractivity contribution in [3.05, 3.63) is 182 Å². The maximum absolute atomic E-state index is 2.46. The first-order valence-corrected chi connectivity index (χ1v) is 20.1. The summed E-state index contributed by atoms with van der Waals surface area (Å²) in [7, 11) is 0. The maximum atomic E-state index is 2.46. The van der Waals surface area contributed by atoms with E-state index in [0.717, 1.165) is 0 Å². The molecule has 0 fully saturated rings. The number of hydrogen-bond acceptors (Lipinski definition) is 2. The third-order valence-corrected chi connectivity index (χ3v) is 13.7. The van der Waals surface area contributed by atoms with E-state index in [1.807, 2.05) is 22.7 Å². The molecule has 0 aliphatic carbocycles. The normalized spacial score (nSPS) is 12.1.